The van der Waals surface area contributed by atoms with E-state index >= 15 is 0 Å². The molecule has 4 nitrogen and oxygen atoms in total. The molecule has 3 rings (SSSR count). The van der Waals surface area contributed by atoms with Crippen molar-refractivity contribution in [3.63, 3.8) is 0 Å². The van der Waals surface area contributed by atoms with Gasteiger partial charge in [0.15, 0.2) is 5.84 Å². The summed E-state index contributed by atoms with van der Waals surface area (Å²) in [4.78, 5) is 10.4. The third kappa shape index (κ3) is 3.76. The van der Waals surface area contributed by atoms with Crippen LogP contribution in [0.4, 0.5) is 0 Å². The highest BCUT2D eigenvalue weighted by Gasteiger charge is 2.30. The number of aliphatic imine (C=N–C) groups is 1. The van der Waals surface area contributed by atoms with E-state index in [9.17, 15) is 0 Å². The summed E-state index contributed by atoms with van der Waals surface area (Å²) in [6.45, 7) is 4.22. The van der Waals surface area contributed by atoms with Gasteiger partial charge in [-0.1, -0.05) is 11.6 Å². The highest BCUT2D eigenvalue weighted by Crippen LogP contribution is 2.19. The van der Waals surface area contributed by atoms with Crippen LogP contribution in [0, 0.1) is 0 Å². The zero-order valence-corrected chi connectivity index (χ0v) is 13.3. The number of likely N-dealkylation sites (N-methyl/N-ethyl adjacent to an activating group) is 1. The lowest BCUT2D eigenvalue weighted by atomic mass is 10.1. The number of rotatable bonds is 3. The first-order valence-electron chi connectivity index (χ1n) is 7.70. The van der Waals surface area contributed by atoms with Gasteiger partial charge in [-0.2, -0.15) is 0 Å². The summed E-state index contributed by atoms with van der Waals surface area (Å²) in [5, 5.41) is 0.735. The smallest absolute Gasteiger partial charge is 0.152 e. The quantitative estimate of drug-likeness (QED) is 0.871. The summed E-state index contributed by atoms with van der Waals surface area (Å²) in [5.74, 6) is 0.812. The lowest BCUT2D eigenvalue weighted by Gasteiger charge is -2.40. The van der Waals surface area contributed by atoms with Crippen LogP contribution in [0.5, 0.6) is 0 Å². The maximum Gasteiger partial charge on any atom is 0.152 e. The van der Waals surface area contributed by atoms with Crippen LogP contribution in [0.15, 0.2) is 29.3 Å². The van der Waals surface area contributed by atoms with Gasteiger partial charge < -0.3 is 4.48 Å². The lowest BCUT2D eigenvalue weighted by molar-refractivity contribution is -0.914. The Hall–Kier alpha value is -1.10. The van der Waals surface area contributed by atoms with Gasteiger partial charge in [0, 0.05) is 10.6 Å². The number of amidine groups is 1. The maximum atomic E-state index is 5.93. The van der Waals surface area contributed by atoms with Crippen LogP contribution in [0.25, 0.3) is 0 Å². The predicted octanol–water partition coefficient (Wildman–Crippen LogP) is 2.62. The van der Waals surface area contributed by atoms with Gasteiger partial charge in [-0.05, 0) is 43.5 Å². The predicted molar refractivity (Wildman–Crippen MR) is 85.5 cm³/mol. The van der Waals surface area contributed by atoms with E-state index in [-0.39, 0.29) is 6.04 Å². The minimum atomic E-state index is 0.222. The number of halogens is 1. The van der Waals surface area contributed by atoms with Crippen LogP contribution < -0.4 is 5.48 Å². The Bertz CT molecular complexity index is 509. The molecule has 0 aromatic heterocycles. The van der Waals surface area contributed by atoms with Crippen molar-refractivity contribution < 1.29 is 9.32 Å². The summed E-state index contributed by atoms with van der Waals surface area (Å²) < 4.78 is 1.12. The third-order valence-electron chi connectivity index (χ3n) is 4.42. The van der Waals surface area contributed by atoms with E-state index in [0.717, 1.165) is 27.4 Å². The highest BCUT2D eigenvalue weighted by atomic mass is 35.5. The second kappa shape index (κ2) is 6.34. The Morgan fingerprint density at radius 2 is 1.95 bits per heavy atom. The molecule has 1 atom stereocenters. The molecule has 0 amide bonds. The highest BCUT2D eigenvalue weighted by molar-refractivity contribution is 6.30. The van der Waals surface area contributed by atoms with E-state index < -0.39 is 0 Å². The van der Waals surface area contributed by atoms with Gasteiger partial charge >= 0.3 is 0 Å². The fourth-order valence-corrected chi connectivity index (χ4v) is 3.38. The first-order valence-corrected chi connectivity index (χ1v) is 8.08. The van der Waals surface area contributed by atoms with Crippen molar-refractivity contribution in [1.82, 2.24) is 5.48 Å². The van der Waals surface area contributed by atoms with Crippen molar-refractivity contribution in [3.8, 4) is 0 Å². The van der Waals surface area contributed by atoms with E-state index in [4.69, 9.17) is 21.4 Å². The molecule has 1 aromatic carbocycles. The number of likely N-dealkylation sites (tertiary alicyclic amines) is 1. The minimum Gasteiger partial charge on any atom is -0.324 e. The number of hydrogen-bond acceptors (Lipinski definition) is 3. The number of hydroxylamine groups is 1. The van der Waals surface area contributed by atoms with E-state index in [1.807, 2.05) is 24.3 Å². The molecule has 0 radical (unpaired) electrons. The normalized spacial score (nSPS) is 25.0. The molecule has 1 saturated heterocycles. The van der Waals surface area contributed by atoms with Crippen molar-refractivity contribution in [2.45, 2.75) is 25.3 Å². The summed E-state index contributed by atoms with van der Waals surface area (Å²) in [7, 11) is 2.35. The fourth-order valence-electron chi connectivity index (χ4n) is 3.25. The number of piperidine rings is 1. The number of quaternary nitrogens is 1. The number of nitrogens with zero attached hydrogens (tertiary/aromatic N) is 2. The monoisotopic (exact) mass is 308 g/mol. The molecule has 2 aliphatic heterocycles. The molecule has 0 spiro atoms. The Kier molecular flexibility index (Phi) is 4.48. The molecule has 0 saturated carbocycles. The van der Waals surface area contributed by atoms with Crippen molar-refractivity contribution in [2.24, 2.45) is 4.99 Å². The van der Waals surface area contributed by atoms with Crippen molar-refractivity contribution >= 4 is 17.4 Å². The lowest BCUT2D eigenvalue weighted by Crippen LogP contribution is -2.53. The zero-order chi connectivity index (χ0) is 14.7. The Morgan fingerprint density at radius 3 is 2.67 bits per heavy atom. The second-order valence-corrected chi connectivity index (χ2v) is 6.80. The number of benzene rings is 1. The molecule has 0 bridgehead atoms. The van der Waals surface area contributed by atoms with Gasteiger partial charge in [-0.15, -0.1) is 0 Å². The Morgan fingerprint density at radius 1 is 1.24 bits per heavy atom. The first-order chi connectivity index (χ1) is 10.1. The molecular formula is C16H23ClN3O+. The van der Waals surface area contributed by atoms with Crippen molar-refractivity contribution in [1.29, 1.82) is 0 Å². The van der Waals surface area contributed by atoms with Crippen LogP contribution >= 0.6 is 11.6 Å². The van der Waals surface area contributed by atoms with Crippen LogP contribution in [0.1, 0.15) is 24.8 Å². The van der Waals surface area contributed by atoms with Crippen LogP contribution in [0.2, 0.25) is 5.02 Å². The third-order valence-corrected chi connectivity index (χ3v) is 4.67. The van der Waals surface area contributed by atoms with E-state index in [2.05, 4.69) is 12.5 Å². The largest absolute Gasteiger partial charge is 0.324 e. The minimum absolute atomic E-state index is 0.222. The summed E-state index contributed by atoms with van der Waals surface area (Å²) in [6.07, 6.45) is 4.03. The zero-order valence-electron chi connectivity index (χ0n) is 12.5. The van der Waals surface area contributed by atoms with E-state index in [0.29, 0.717) is 6.61 Å². The first kappa shape index (κ1) is 14.8. The molecule has 21 heavy (non-hydrogen) atoms. The topological polar surface area (TPSA) is 33.6 Å². The average molecular weight is 309 g/mol. The number of nitrogens with one attached hydrogen (secondary N) is 1. The van der Waals surface area contributed by atoms with Gasteiger partial charge in [0.25, 0.3) is 0 Å². The SMILES string of the molecule is C[N+]1(CC2CONC(c3ccc(Cl)cc3)=N2)CCCCC1. The van der Waals surface area contributed by atoms with Crippen molar-refractivity contribution in [2.75, 3.05) is 33.3 Å². The molecule has 1 unspecified atom stereocenters. The van der Waals surface area contributed by atoms with Gasteiger partial charge in [0.05, 0.1) is 20.1 Å². The van der Waals surface area contributed by atoms with Crippen LogP contribution in [0.3, 0.4) is 0 Å². The fraction of sp³-hybridized carbons (Fsp3) is 0.562. The molecule has 2 aliphatic rings. The molecule has 1 fully saturated rings. The standard InChI is InChI=1S/C16H23ClN3O/c1-20(9-3-2-4-10-20)11-15-12-21-19-16(18-15)13-5-7-14(17)8-6-13/h5-8,15H,2-4,9-12H2,1H3,(H,18,19)/q+1. The van der Waals surface area contributed by atoms with Gasteiger partial charge in [0.1, 0.15) is 19.2 Å². The van der Waals surface area contributed by atoms with Crippen LogP contribution in [-0.2, 0) is 4.84 Å². The van der Waals surface area contributed by atoms with Crippen molar-refractivity contribution in [3.05, 3.63) is 34.9 Å². The maximum absolute atomic E-state index is 5.93. The van der Waals surface area contributed by atoms with Gasteiger partial charge in [0.2, 0.25) is 0 Å². The van der Waals surface area contributed by atoms with E-state index in [1.54, 1.807) is 0 Å². The Labute approximate surface area is 131 Å². The molecule has 1 aromatic rings. The molecule has 2 heterocycles. The molecule has 5 heteroatoms. The summed E-state index contributed by atoms with van der Waals surface area (Å²) >= 11 is 5.93. The summed E-state index contributed by atoms with van der Waals surface area (Å²) in [6, 6.07) is 7.92. The second-order valence-electron chi connectivity index (χ2n) is 6.36. The average Bonchev–Trinajstić information content (AvgIpc) is 2.48. The summed E-state index contributed by atoms with van der Waals surface area (Å²) in [5.41, 5.74) is 3.95. The molecule has 114 valence electrons. The molecule has 0 aliphatic carbocycles. The Balaban J connectivity index is 1.71. The van der Waals surface area contributed by atoms with Gasteiger partial charge in [-0.25, -0.2) is 5.48 Å². The molecular weight excluding hydrogens is 286 g/mol. The van der Waals surface area contributed by atoms with Crippen LogP contribution in [-0.4, -0.2) is 49.6 Å². The van der Waals surface area contributed by atoms with E-state index in [1.165, 1.54) is 32.4 Å². The van der Waals surface area contributed by atoms with Gasteiger partial charge in [-0.3, -0.25) is 9.83 Å². The molecule has 1 N–H and O–H groups in total. The number of hydrogen-bond donors (Lipinski definition) is 1.